The third-order valence-corrected chi connectivity index (χ3v) is 4.25. The fourth-order valence-corrected chi connectivity index (χ4v) is 2.88. The van der Waals surface area contributed by atoms with Crippen LogP contribution in [0.25, 0.3) is 11.0 Å². The van der Waals surface area contributed by atoms with Crippen LogP contribution in [0, 0.1) is 12.8 Å². The minimum atomic E-state index is 0.153. The number of carbonyl (C=O) groups is 1. The smallest absolute Gasteiger partial charge is 0.223 e. The second-order valence-electron chi connectivity index (χ2n) is 5.84. The molecule has 0 bridgehead atoms. The van der Waals surface area contributed by atoms with Gasteiger partial charge in [0.15, 0.2) is 0 Å². The molecule has 1 N–H and O–H groups in total. The van der Waals surface area contributed by atoms with Crippen molar-refractivity contribution in [1.29, 1.82) is 0 Å². The number of para-hydroxylation sites is 2. The predicted molar refractivity (Wildman–Crippen MR) is 90.8 cm³/mol. The summed E-state index contributed by atoms with van der Waals surface area (Å²) in [6.45, 7) is 7.69. The fourth-order valence-electron chi connectivity index (χ4n) is 2.88. The normalized spacial score (nSPS) is 12.5. The molecule has 120 valence electrons. The lowest BCUT2D eigenvalue weighted by atomic mass is 9.98. The molecular formula is C18H27N3O. The Morgan fingerprint density at radius 2 is 2.09 bits per heavy atom. The van der Waals surface area contributed by atoms with Gasteiger partial charge in [0.2, 0.25) is 5.91 Å². The van der Waals surface area contributed by atoms with Crippen LogP contribution in [0.3, 0.4) is 0 Å². The van der Waals surface area contributed by atoms with Crippen molar-refractivity contribution < 1.29 is 4.79 Å². The summed E-state index contributed by atoms with van der Waals surface area (Å²) in [5, 5.41) is 3.09. The Kier molecular flexibility index (Phi) is 5.99. The monoisotopic (exact) mass is 301 g/mol. The van der Waals surface area contributed by atoms with Crippen LogP contribution in [0.4, 0.5) is 0 Å². The Bertz CT molecular complexity index is 618. The zero-order valence-corrected chi connectivity index (χ0v) is 13.9. The molecule has 0 saturated carbocycles. The first-order valence-corrected chi connectivity index (χ1v) is 8.37. The molecule has 2 rings (SSSR count). The molecule has 1 aromatic heterocycles. The maximum absolute atomic E-state index is 12.2. The van der Waals surface area contributed by atoms with E-state index >= 15 is 0 Å². The molecule has 0 aliphatic heterocycles. The van der Waals surface area contributed by atoms with E-state index < -0.39 is 0 Å². The Labute approximate surface area is 132 Å². The first-order valence-electron chi connectivity index (χ1n) is 8.37. The van der Waals surface area contributed by atoms with E-state index in [9.17, 15) is 4.79 Å². The Morgan fingerprint density at radius 1 is 1.32 bits per heavy atom. The van der Waals surface area contributed by atoms with Gasteiger partial charge in [-0.1, -0.05) is 38.8 Å². The number of unbranched alkanes of at least 4 members (excludes halogenated alkanes) is 1. The van der Waals surface area contributed by atoms with Gasteiger partial charge in [0.05, 0.1) is 11.0 Å². The number of imidazole rings is 1. The number of aryl methyl sites for hydroxylation is 1. The van der Waals surface area contributed by atoms with Crippen LogP contribution in [0.5, 0.6) is 0 Å². The van der Waals surface area contributed by atoms with Gasteiger partial charge < -0.3 is 9.88 Å². The summed E-state index contributed by atoms with van der Waals surface area (Å²) in [6.07, 6.45) is 4.17. The van der Waals surface area contributed by atoms with Crippen LogP contribution in [0.1, 0.15) is 45.4 Å². The van der Waals surface area contributed by atoms with Crippen molar-refractivity contribution in [2.24, 2.45) is 5.92 Å². The molecule has 1 amide bonds. The van der Waals surface area contributed by atoms with E-state index in [2.05, 4.69) is 34.8 Å². The zero-order chi connectivity index (χ0) is 15.9. The van der Waals surface area contributed by atoms with Gasteiger partial charge in [-0.3, -0.25) is 4.79 Å². The van der Waals surface area contributed by atoms with E-state index in [1.807, 2.05) is 25.1 Å². The molecular weight excluding hydrogens is 274 g/mol. The summed E-state index contributed by atoms with van der Waals surface area (Å²) in [5.41, 5.74) is 2.15. The van der Waals surface area contributed by atoms with Crippen molar-refractivity contribution in [2.75, 3.05) is 6.54 Å². The van der Waals surface area contributed by atoms with E-state index in [0.29, 0.717) is 6.54 Å². The first kappa shape index (κ1) is 16.5. The Balaban J connectivity index is 1.92. The van der Waals surface area contributed by atoms with Gasteiger partial charge >= 0.3 is 0 Å². The maximum atomic E-state index is 12.2. The second kappa shape index (κ2) is 7.97. The lowest BCUT2D eigenvalue weighted by Gasteiger charge is -2.15. The largest absolute Gasteiger partial charge is 0.354 e. The lowest BCUT2D eigenvalue weighted by molar-refractivity contribution is -0.125. The summed E-state index contributed by atoms with van der Waals surface area (Å²) in [6, 6.07) is 8.12. The van der Waals surface area contributed by atoms with Gasteiger partial charge in [-0.05, 0) is 31.9 Å². The van der Waals surface area contributed by atoms with Crippen LogP contribution in [0.15, 0.2) is 24.3 Å². The van der Waals surface area contributed by atoms with Crippen molar-refractivity contribution in [2.45, 2.75) is 53.0 Å². The highest BCUT2D eigenvalue weighted by Crippen LogP contribution is 2.15. The molecule has 0 aliphatic carbocycles. The number of rotatable bonds is 8. The number of amides is 1. The molecule has 0 fully saturated rings. The maximum Gasteiger partial charge on any atom is 0.223 e. The average Bonchev–Trinajstić information content (AvgIpc) is 2.84. The van der Waals surface area contributed by atoms with Crippen molar-refractivity contribution in [3.05, 3.63) is 30.1 Å². The quantitative estimate of drug-likeness (QED) is 0.808. The van der Waals surface area contributed by atoms with Gasteiger partial charge in [-0.15, -0.1) is 0 Å². The van der Waals surface area contributed by atoms with E-state index in [0.717, 1.165) is 49.1 Å². The van der Waals surface area contributed by atoms with Gasteiger partial charge in [0.1, 0.15) is 5.82 Å². The lowest BCUT2D eigenvalue weighted by Crippen LogP contribution is -2.33. The Morgan fingerprint density at radius 3 is 2.82 bits per heavy atom. The van der Waals surface area contributed by atoms with E-state index in [1.165, 1.54) is 0 Å². The summed E-state index contributed by atoms with van der Waals surface area (Å²) in [5.74, 6) is 1.34. The topological polar surface area (TPSA) is 46.9 Å². The highest BCUT2D eigenvalue weighted by atomic mass is 16.1. The number of benzene rings is 1. The van der Waals surface area contributed by atoms with Crippen LogP contribution >= 0.6 is 0 Å². The van der Waals surface area contributed by atoms with Crippen molar-refractivity contribution >= 4 is 16.9 Å². The third-order valence-electron chi connectivity index (χ3n) is 4.25. The van der Waals surface area contributed by atoms with Crippen molar-refractivity contribution in [1.82, 2.24) is 14.9 Å². The molecule has 1 aromatic carbocycles. The van der Waals surface area contributed by atoms with Gasteiger partial charge in [-0.25, -0.2) is 4.98 Å². The Hall–Kier alpha value is -1.84. The number of nitrogens with zero attached hydrogens (tertiary/aromatic N) is 2. The first-order chi connectivity index (χ1) is 10.7. The molecule has 1 atom stereocenters. The third kappa shape index (κ3) is 3.87. The minimum Gasteiger partial charge on any atom is -0.354 e. The van der Waals surface area contributed by atoms with Crippen LogP contribution in [0.2, 0.25) is 0 Å². The van der Waals surface area contributed by atoms with Gasteiger partial charge in [-0.2, -0.15) is 0 Å². The highest BCUT2D eigenvalue weighted by molar-refractivity contribution is 5.78. The molecule has 0 aliphatic rings. The molecule has 0 spiro atoms. The van der Waals surface area contributed by atoms with Crippen LogP contribution < -0.4 is 5.32 Å². The van der Waals surface area contributed by atoms with Gasteiger partial charge in [0, 0.05) is 19.0 Å². The second-order valence-corrected chi connectivity index (χ2v) is 5.84. The van der Waals surface area contributed by atoms with E-state index in [1.54, 1.807) is 0 Å². The van der Waals surface area contributed by atoms with E-state index in [-0.39, 0.29) is 11.8 Å². The summed E-state index contributed by atoms with van der Waals surface area (Å²) < 4.78 is 2.17. The van der Waals surface area contributed by atoms with Gasteiger partial charge in [0.25, 0.3) is 0 Å². The minimum absolute atomic E-state index is 0.153. The van der Waals surface area contributed by atoms with Crippen molar-refractivity contribution in [3.63, 3.8) is 0 Å². The number of hydrogen-bond acceptors (Lipinski definition) is 2. The molecule has 4 nitrogen and oxygen atoms in total. The number of carbonyl (C=O) groups excluding carboxylic acids is 1. The number of aromatic nitrogens is 2. The SMILES string of the molecule is CCCCC(CC)C(=O)NCCn1c(C)nc2ccccc21. The molecule has 1 unspecified atom stereocenters. The zero-order valence-electron chi connectivity index (χ0n) is 13.9. The standard InChI is InChI=1S/C18H27N3O/c1-4-6-9-15(5-2)18(22)19-12-13-21-14(3)20-16-10-7-8-11-17(16)21/h7-8,10-11,15H,4-6,9,12-13H2,1-3H3,(H,19,22). The van der Waals surface area contributed by atoms with E-state index in [4.69, 9.17) is 0 Å². The molecule has 22 heavy (non-hydrogen) atoms. The summed E-state index contributed by atoms with van der Waals surface area (Å²) in [4.78, 5) is 16.8. The number of fused-ring (bicyclic) bond motifs is 1. The van der Waals surface area contributed by atoms with Crippen LogP contribution in [-0.2, 0) is 11.3 Å². The highest BCUT2D eigenvalue weighted by Gasteiger charge is 2.15. The number of nitrogens with one attached hydrogen (secondary N) is 1. The van der Waals surface area contributed by atoms with Crippen molar-refractivity contribution in [3.8, 4) is 0 Å². The predicted octanol–water partition coefficient (Wildman–Crippen LogP) is 3.68. The average molecular weight is 301 g/mol. The molecule has 4 heteroatoms. The molecule has 1 heterocycles. The number of hydrogen-bond donors (Lipinski definition) is 1. The molecule has 0 radical (unpaired) electrons. The summed E-state index contributed by atoms with van der Waals surface area (Å²) in [7, 11) is 0. The molecule has 0 saturated heterocycles. The fraction of sp³-hybridized carbons (Fsp3) is 0.556. The summed E-state index contributed by atoms with van der Waals surface area (Å²) >= 11 is 0. The molecule has 2 aromatic rings. The van der Waals surface area contributed by atoms with Crippen LogP contribution in [-0.4, -0.2) is 22.0 Å².